The monoisotopic (exact) mass is 350 g/mol. The highest BCUT2D eigenvalue weighted by Crippen LogP contribution is 2.28. The van der Waals surface area contributed by atoms with Gasteiger partial charge in [0, 0.05) is 6.42 Å². The number of anilines is 1. The van der Waals surface area contributed by atoms with Crippen LogP contribution in [-0.2, 0) is 20.7 Å². The van der Waals surface area contributed by atoms with Crippen molar-refractivity contribution in [2.24, 2.45) is 0 Å². The average molecular weight is 350 g/mol. The van der Waals surface area contributed by atoms with Gasteiger partial charge in [0.05, 0.1) is 6.42 Å². The molecule has 1 aliphatic heterocycles. The molecule has 0 aliphatic carbocycles. The first kappa shape index (κ1) is 16.1. The first-order valence-electron chi connectivity index (χ1n) is 8.35. The zero-order valence-corrected chi connectivity index (χ0v) is 14.0. The zero-order valence-electron chi connectivity index (χ0n) is 14.0. The van der Waals surface area contributed by atoms with Crippen LogP contribution in [0.3, 0.4) is 0 Å². The minimum absolute atomic E-state index is 0.200. The maximum Gasteiger partial charge on any atom is 0.310 e. The van der Waals surface area contributed by atoms with Crippen LogP contribution in [0.15, 0.2) is 54.9 Å². The summed E-state index contributed by atoms with van der Waals surface area (Å²) in [7, 11) is 0. The van der Waals surface area contributed by atoms with E-state index in [4.69, 9.17) is 15.2 Å². The number of nitrogens with two attached hydrogens (primary N) is 1. The first-order valence-corrected chi connectivity index (χ1v) is 8.35. The van der Waals surface area contributed by atoms with E-state index in [1.807, 2.05) is 48.5 Å². The lowest BCUT2D eigenvalue weighted by Crippen LogP contribution is -2.19. The summed E-state index contributed by atoms with van der Waals surface area (Å²) >= 11 is 0. The summed E-state index contributed by atoms with van der Waals surface area (Å²) in [4.78, 5) is 15.9. The smallest absolute Gasteiger partial charge is 0.310 e. The first-order chi connectivity index (χ1) is 12.7. The van der Waals surface area contributed by atoms with E-state index in [1.165, 1.54) is 6.33 Å². The Balaban J connectivity index is 1.35. The van der Waals surface area contributed by atoms with Gasteiger partial charge in [-0.2, -0.15) is 5.10 Å². The van der Waals surface area contributed by atoms with E-state index < -0.39 is 0 Å². The third kappa shape index (κ3) is 3.23. The molecule has 3 aromatic rings. The quantitative estimate of drug-likeness (QED) is 0.710. The fourth-order valence-electron chi connectivity index (χ4n) is 2.92. The Morgan fingerprint density at radius 2 is 2.12 bits per heavy atom. The second-order valence-corrected chi connectivity index (χ2v) is 6.05. The van der Waals surface area contributed by atoms with E-state index in [9.17, 15) is 4.79 Å². The zero-order chi connectivity index (χ0) is 17.9. The van der Waals surface area contributed by atoms with E-state index in [0.29, 0.717) is 18.0 Å². The van der Waals surface area contributed by atoms with Crippen molar-refractivity contribution in [1.29, 1.82) is 0 Å². The third-order valence-corrected chi connectivity index (χ3v) is 4.22. The second kappa shape index (κ2) is 6.87. The summed E-state index contributed by atoms with van der Waals surface area (Å²) in [6.45, 7) is 0.214. The summed E-state index contributed by atoms with van der Waals surface area (Å²) in [5.74, 6) is 0.852. The number of carbonyl (C=O) groups excluding carboxylic acids is 1. The van der Waals surface area contributed by atoms with Crippen LogP contribution in [0.4, 0.5) is 5.82 Å². The van der Waals surface area contributed by atoms with Gasteiger partial charge in [0.1, 0.15) is 36.0 Å². The van der Waals surface area contributed by atoms with Crippen LogP contribution in [0.5, 0.6) is 0 Å². The number of fused-ring (bicyclic) bond motifs is 1. The van der Waals surface area contributed by atoms with E-state index in [1.54, 1.807) is 4.52 Å². The molecule has 1 aromatic carbocycles. The molecule has 1 unspecified atom stereocenters. The van der Waals surface area contributed by atoms with Crippen molar-refractivity contribution in [3.8, 4) is 0 Å². The van der Waals surface area contributed by atoms with Crippen LogP contribution in [-0.4, -0.2) is 33.3 Å². The molecule has 4 rings (SSSR count). The normalized spacial score (nSPS) is 16.3. The summed E-state index contributed by atoms with van der Waals surface area (Å²) in [6.07, 6.45) is 4.10. The summed E-state index contributed by atoms with van der Waals surface area (Å²) in [6, 6.07) is 13.3. The molecule has 26 heavy (non-hydrogen) atoms. The van der Waals surface area contributed by atoms with Gasteiger partial charge in [0.25, 0.3) is 0 Å². The minimum atomic E-state index is -0.262. The highest BCUT2D eigenvalue weighted by atomic mass is 16.6. The minimum Gasteiger partial charge on any atom is -0.485 e. The molecular formula is C19H18N4O3. The molecule has 1 aliphatic rings. The second-order valence-electron chi connectivity index (χ2n) is 6.05. The lowest BCUT2D eigenvalue weighted by molar-refractivity contribution is -0.145. The molecule has 7 heteroatoms. The number of esters is 1. The van der Waals surface area contributed by atoms with Crippen molar-refractivity contribution in [3.63, 3.8) is 0 Å². The van der Waals surface area contributed by atoms with Crippen molar-refractivity contribution >= 4 is 23.1 Å². The Kier molecular flexibility index (Phi) is 4.27. The molecule has 132 valence electrons. The molecule has 7 nitrogen and oxygen atoms in total. The number of rotatable bonds is 5. The van der Waals surface area contributed by atoms with E-state index in [0.717, 1.165) is 16.8 Å². The van der Waals surface area contributed by atoms with Gasteiger partial charge in [-0.25, -0.2) is 9.50 Å². The molecular weight excluding hydrogens is 332 g/mol. The number of aromatic nitrogens is 3. The molecule has 3 heterocycles. The number of hydrogen-bond acceptors (Lipinski definition) is 6. The van der Waals surface area contributed by atoms with E-state index in [-0.39, 0.29) is 25.1 Å². The molecule has 2 N–H and O–H groups in total. The summed E-state index contributed by atoms with van der Waals surface area (Å²) < 4.78 is 13.0. The fourth-order valence-corrected chi connectivity index (χ4v) is 2.92. The van der Waals surface area contributed by atoms with Crippen LogP contribution >= 0.6 is 0 Å². The van der Waals surface area contributed by atoms with Crippen LogP contribution < -0.4 is 5.73 Å². The van der Waals surface area contributed by atoms with Crippen LogP contribution in [0.2, 0.25) is 0 Å². The number of benzene rings is 1. The molecule has 0 saturated carbocycles. The van der Waals surface area contributed by atoms with Crippen LogP contribution in [0.25, 0.3) is 11.3 Å². The number of nitrogens with zero attached hydrogens (tertiary/aromatic N) is 3. The Hall–Kier alpha value is -3.35. The molecule has 0 spiro atoms. The van der Waals surface area contributed by atoms with Gasteiger partial charge in [-0.05, 0) is 23.8 Å². The molecule has 1 atom stereocenters. The van der Waals surface area contributed by atoms with Gasteiger partial charge in [-0.1, -0.05) is 30.3 Å². The van der Waals surface area contributed by atoms with E-state index in [2.05, 4.69) is 10.1 Å². The van der Waals surface area contributed by atoms with Crippen molar-refractivity contribution < 1.29 is 14.3 Å². The molecule has 0 radical (unpaired) electrons. The number of hydrogen-bond donors (Lipinski definition) is 1. The van der Waals surface area contributed by atoms with Gasteiger partial charge in [-0.15, -0.1) is 0 Å². The predicted molar refractivity (Wildman–Crippen MR) is 96.0 cm³/mol. The molecule has 0 bridgehead atoms. The lowest BCUT2D eigenvalue weighted by Gasteiger charge is -2.13. The van der Waals surface area contributed by atoms with Crippen LogP contribution in [0.1, 0.15) is 17.7 Å². The largest absolute Gasteiger partial charge is 0.485 e. The maximum atomic E-state index is 12.0. The Morgan fingerprint density at radius 1 is 1.27 bits per heavy atom. The summed E-state index contributed by atoms with van der Waals surface area (Å²) in [5, 5.41) is 4.21. The SMILES string of the molecule is Nc1ncnn2c(C3=CCC(COC(=O)Cc4ccccc4)O3)ccc12. The number of carbonyl (C=O) groups is 1. The van der Waals surface area contributed by atoms with Crippen molar-refractivity contribution in [3.05, 3.63) is 66.1 Å². The lowest BCUT2D eigenvalue weighted by atomic mass is 10.2. The van der Waals surface area contributed by atoms with Crippen molar-refractivity contribution in [2.75, 3.05) is 12.3 Å². The van der Waals surface area contributed by atoms with Gasteiger partial charge in [0.2, 0.25) is 0 Å². The standard InChI is InChI=1S/C19H18N4O3/c20-19-16-8-7-15(23(16)22-12-21-19)17-9-6-14(26-17)11-25-18(24)10-13-4-2-1-3-5-13/h1-5,7-9,12,14H,6,10-11H2,(H2,20,21,22). The maximum absolute atomic E-state index is 12.0. The van der Waals surface area contributed by atoms with Gasteiger partial charge in [-0.3, -0.25) is 4.79 Å². The van der Waals surface area contributed by atoms with Crippen molar-refractivity contribution in [2.45, 2.75) is 18.9 Å². The van der Waals surface area contributed by atoms with Gasteiger partial charge in [0.15, 0.2) is 5.82 Å². The third-order valence-electron chi connectivity index (χ3n) is 4.22. The molecule has 0 saturated heterocycles. The van der Waals surface area contributed by atoms with E-state index >= 15 is 0 Å². The highest BCUT2D eigenvalue weighted by molar-refractivity contribution is 5.73. The number of nitrogen functional groups attached to an aromatic ring is 1. The average Bonchev–Trinajstić information content (AvgIpc) is 3.28. The topological polar surface area (TPSA) is 91.7 Å². The van der Waals surface area contributed by atoms with Crippen molar-refractivity contribution in [1.82, 2.24) is 14.6 Å². The fraction of sp³-hybridized carbons (Fsp3) is 0.211. The Bertz CT molecular complexity index is 965. The predicted octanol–water partition coefficient (Wildman–Crippen LogP) is 2.23. The molecule has 0 fully saturated rings. The summed E-state index contributed by atoms with van der Waals surface area (Å²) in [5.41, 5.74) is 8.31. The highest BCUT2D eigenvalue weighted by Gasteiger charge is 2.23. The van der Waals surface area contributed by atoms with Gasteiger partial charge < -0.3 is 15.2 Å². The Morgan fingerprint density at radius 3 is 2.96 bits per heavy atom. The number of ether oxygens (including phenoxy) is 2. The van der Waals surface area contributed by atoms with Gasteiger partial charge >= 0.3 is 5.97 Å². The molecule has 0 amide bonds. The Labute approximate surface area is 150 Å². The van der Waals surface area contributed by atoms with Crippen LogP contribution in [0, 0.1) is 0 Å². The molecule has 2 aromatic heterocycles.